The third-order valence-electron chi connectivity index (χ3n) is 3.69. The Balaban J connectivity index is 1.41. The molecule has 4 rings (SSSR count). The van der Waals surface area contributed by atoms with Crippen molar-refractivity contribution in [2.45, 2.75) is 13.2 Å². The second kappa shape index (κ2) is 7.32. The Morgan fingerprint density at radius 1 is 1.04 bits per heavy atom. The van der Waals surface area contributed by atoms with Gasteiger partial charge in [-0.15, -0.1) is 21.5 Å². The minimum atomic E-state index is 0.389. The minimum absolute atomic E-state index is 0.389. The fourth-order valence-electron chi connectivity index (χ4n) is 2.41. The van der Waals surface area contributed by atoms with Crippen molar-refractivity contribution in [2.24, 2.45) is 0 Å². The van der Waals surface area contributed by atoms with E-state index >= 15 is 0 Å². The van der Waals surface area contributed by atoms with Crippen LogP contribution in [0.3, 0.4) is 0 Å². The molecule has 8 heteroatoms. The van der Waals surface area contributed by atoms with Crippen LogP contribution in [-0.4, -0.2) is 25.2 Å². The molecule has 0 saturated carbocycles. The predicted octanol–water partition coefficient (Wildman–Crippen LogP) is 3.01. The summed E-state index contributed by atoms with van der Waals surface area (Å²) in [4.78, 5) is 6.66. The summed E-state index contributed by atoms with van der Waals surface area (Å²) in [5.74, 6) is 0.854. The van der Waals surface area contributed by atoms with Crippen LogP contribution in [0.15, 0.2) is 60.8 Å². The molecule has 0 atom stereocenters. The van der Waals surface area contributed by atoms with Crippen LogP contribution in [0.4, 0.5) is 5.82 Å². The normalized spacial score (nSPS) is 10.8. The summed E-state index contributed by atoms with van der Waals surface area (Å²) in [6, 6.07) is 17.7. The Bertz CT molecular complexity index is 998. The monoisotopic (exact) mass is 364 g/mol. The van der Waals surface area contributed by atoms with E-state index in [1.807, 2.05) is 48.5 Å². The van der Waals surface area contributed by atoms with Crippen LogP contribution in [0.25, 0.3) is 11.4 Å². The SMILES string of the molecule is Nc1ncccc1-c1nnn(Cc2ccc(OCc3ccccc3)s2)n1. The summed E-state index contributed by atoms with van der Waals surface area (Å²) in [5.41, 5.74) is 7.67. The van der Waals surface area contributed by atoms with Gasteiger partial charge in [0.05, 0.1) is 12.1 Å². The molecule has 0 aliphatic rings. The standard InChI is InChI=1S/C18H16N6OS/c19-17-15(7-4-10-20-17)18-21-23-24(22-18)11-14-8-9-16(26-14)25-12-13-5-2-1-3-6-13/h1-10H,11-12H2,(H2,19,20). The number of hydrogen-bond donors (Lipinski definition) is 1. The average molecular weight is 364 g/mol. The number of hydrogen-bond acceptors (Lipinski definition) is 7. The molecule has 26 heavy (non-hydrogen) atoms. The quantitative estimate of drug-likeness (QED) is 0.565. The zero-order valence-corrected chi connectivity index (χ0v) is 14.6. The molecule has 0 bridgehead atoms. The summed E-state index contributed by atoms with van der Waals surface area (Å²) >= 11 is 1.57. The average Bonchev–Trinajstić information content (AvgIpc) is 3.31. The van der Waals surface area contributed by atoms with Crippen LogP contribution in [0, 0.1) is 0 Å². The van der Waals surface area contributed by atoms with Gasteiger partial charge in [0.15, 0.2) is 5.06 Å². The van der Waals surface area contributed by atoms with Gasteiger partial charge in [0.2, 0.25) is 5.82 Å². The summed E-state index contributed by atoms with van der Waals surface area (Å²) in [6.07, 6.45) is 1.63. The number of tetrazole rings is 1. The van der Waals surface area contributed by atoms with Crippen LogP contribution in [0.5, 0.6) is 5.06 Å². The first kappa shape index (κ1) is 16.2. The zero-order chi connectivity index (χ0) is 17.8. The van der Waals surface area contributed by atoms with Gasteiger partial charge >= 0.3 is 0 Å². The van der Waals surface area contributed by atoms with E-state index in [2.05, 4.69) is 20.4 Å². The van der Waals surface area contributed by atoms with Crippen molar-refractivity contribution in [3.05, 3.63) is 71.2 Å². The van der Waals surface area contributed by atoms with Gasteiger partial charge in [0, 0.05) is 11.1 Å². The highest BCUT2D eigenvalue weighted by molar-refractivity contribution is 7.13. The molecule has 3 heterocycles. The van der Waals surface area contributed by atoms with E-state index < -0.39 is 0 Å². The van der Waals surface area contributed by atoms with E-state index in [1.165, 1.54) is 4.80 Å². The van der Waals surface area contributed by atoms with Gasteiger partial charge in [-0.1, -0.05) is 30.3 Å². The Kier molecular flexibility index (Phi) is 4.57. The molecule has 2 N–H and O–H groups in total. The van der Waals surface area contributed by atoms with E-state index in [9.17, 15) is 0 Å². The van der Waals surface area contributed by atoms with Crippen molar-refractivity contribution in [3.63, 3.8) is 0 Å². The Hall–Kier alpha value is -3.26. The molecule has 0 unspecified atom stereocenters. The maximum absolute atomic E-state index is 5.86. The number of pyridine rings is 1. The number of rotatable bonds is 6. The number of thiophene rings is 1. The number of aromatic nitrogens is 5. The van der Waals surface area contributed by atoms with Gasteiger partial charge in [-0.05, 0) is 35.0 Å². The van der Waals surface area contributed by atoms with Crippen LogP contribution < -0.4 is 10.5 Å². The fourth-order valence-corrected chi connectivity index (χ4v) is 3.24. The molecular weight excluding hydrogens is 348 g/mol. The van der Waals surface area contributed by atoms with Gasteiger partial charge in [-0.3, -0.25) is 0 Å². The lowest BCUT2D eigenvalue weighted by molar-refractivity contribution is 0.315. The first-order valence-electron chi connectivity index (χ1n) is 8.02. The first-order chi connectivity index (χ1) is 12.8. The van der Waals surface area contributed by atoms with Crippen LogP contribution in [0.2, 0.25) is 0 Å². The van der Waals surface area contributed by atoms with Gasteiger partial charge in [-0.25, -0.2) is 4.98 Å². The Morgan fingerprint density at radius 2 is 1.92 bits per heavy atom. The molecular formula is C18H16N6OS. The van der Waals surface area contributed by atoms with Crippen LogP contribution >= 0.6 is 11.3 Å². The van der Waals surface area contributed by atoms with Gasteiger partial charge in [0.25, 0.3) is 0 Å². The van der Waals surface area contributed by atoms with Crippen molar-refractivity contribution < 1.29 is 4.74 Å². The maximum Gasteiger partial charge on any atom is 0.208 e. The van der Waals surface area contributed by atoms with Crippen LogP contribution in [-0.2, 0) is 13.2 Å². The summed E-state index contributed by atoms with van der Waals surface area (Å²) in [5, 5.41) is 13.4. The van der Waals surface area contributed by atoms with E-state index in [-0.39, 0.29) is 0 Å². The lowest BCUT2D eigenvalue weighted by atomic mass is 10.2. The maximum atomic E-state index is 5.86. The van der Waals surface area contributed by atoms with Crippen LogP contribution in [0.1, 0.15) is 10.4 Å². The van der Waals surface area contributed by atoms with Gasteiger partial charge in [0.1, 0.15) is 12.4 Å². The second-order valence-electron chi connectivity index (χ2n) is 5.57. The number of benzene rings is 1. The zero-order valence-electron chi connectivity index (χ0n) is 13.8. The molecule has 3 aromatic heterocycles. The molecule has 130 valence electrons. The molecule has 0 aliphatic carbocycles. The lowest BCUT2D eigenvalue weighted by Crippen LogP contribution is -2.02. The topological polar surface area (TPSA) is 91.7 Å². The number of anilines is 1. The molecule has 0 radical (unpaired) electrons. The molecule has 4 aromatic rings. The number of ether oxygens (including phenoxy) is 1. The van der Waals surface area contributed by atoms with E-state index in [4.69, 9.17) is 10.5 Å². The van der Waals surface area contributed by atoms with Crippen molar-refractivity contribution >= 4 is 17.2 Å². The number of nitrogens with zero attached hydrogens (tertiary/aromatic N) is 5. The second-order valence-corrected chi connectivity index (χ2v) is 6.71. The van der Waals surface area contributed by atoms with E-state index in [1.54, 1.807) is 23.6 Å². The molecule has 0 saturated heterocycles. The minimum Gasteiger partial charge on any atom is -0.479 e. The molecule has 0 spiro atoms. The Morgan fingerprint density at radius 3 is 2.77 bits per heavy atom. The van der Waals surface area contributed by atoms with Gasteiger partial charge in [-0.2, -0.15) is 4.80 Å². The highest BCUT2D eigenvalue weighted by atomic mass is 32.1. The molecule has 7 nitrogen and oxygen atoms in total. The molecule has 0 aliphatic heterocycles. The third-order valence-corrected chi connectivity index (χ3v) is 4.67. The number of nitrogen functional groups attached to an aromatic ring is 1. The highest BCUT2D eigenvalue weighted by Gasteiger charge is 2.11. The predicted molar refractivity (Wildman–Crippen MR) is 99.7 cm³/mol. The van der Waals surface area contributed by atoms with Crippen molar-refractivity contribution in [1.29, 1.82) is 0 Å². The smallest absolute Gasteiger partial charge is 0.208 e. The van der Waals surface area contributed by atoms with Crippen molar-refractivity contribution in [3.8, 4) is 16.5 Å². The van der Waals surface area contributed by atoms with Gasteiger partial charge < -0.3 is 10.5 Å². The van der Waals surface area contributed by atoms with E-state index in [0.717, 1.165) is 15.5 Å². The summed E-state index contributed by atoms with van der Waals surface area (Å²) in [6.45, 7) is 1.07. The first-order valence-corrected chi connectivity index (χ1v) is 8.84. The summed E-state index contributed by atoms with van der Waals surface area (Å²) in [7, 11) is 0. The van der Waals surface area contributed by atoms with Crippen molar-refractivity contribution in [2.75, 3.05) is 5.73 Å². The van der Waals surface area contributed by atoms with E-state index in [0.29, 0.717) is 30.4 Å². The molecule has 0 amide bonds. The lowest BCUT2D eigenvalue weighted by Gasteiger charge is -2.02. The summed E-state index contributed by atoms with van der Waals surface area (Å²) < 4.78 is 5.83. The fraction of sp³-hybridized carbons (Fsp3) is 0.111. The largest absolute Gasteiger partial charge is 0.479 e. The molecule has 1 aromatic carbocycles. The van der Waals surface area contributed by atoms with Crippen molar-refractivity contribution in [1.82, 2.24) is 25.2 Å². The highest BCUT2D eigenvalue weighted by Crippen LogP contribution is 2.26. The third kappa shape index (κ3) is 3.70. The molecule has 0 fully saturated rings. The Labute approximate surface area is 154 Å². The number of nitrogens with two attached hydrogens (primary N) is 1.